The number of nitrogens with zero attached hydrogens (tertiary/aromatic N) is 3. The summed E-state index contributed by atoms with van der Waals surface area (Å²) in [6.45, 7) is 3.92. The van der Waals surface area contributed by atoms with E-state index in [0.29, 0.717) is 18.2 Å². The Morgan fingerprint density at radius 2 is 2.08 bits per heavy atom. The van der Waals surface area contributed by atoms with Crippen molar-refractivity contribution in [2.45, 2.75) is 70.8 Å². The van der Waals surface area contributed by atoms with Crippen LogP contribution in [-0.2, 0) is 0 Å². The Morgan fingerprint density at radius 3 is 2.80 bits per heavy atom. The molecule has 0 saturated carbocycles. The van der Waals surface area contributed by atoms with Crippen molar-refractivity contribution in [3.05, 3.63) is 29.6 Å². The summed E-state index contributed by atoms with van der Waals surface area (Å²) in [6, 6.07) is 0.525. The summed E-state index contributed by atoms with van der Waals surface area (Å²) in [7, 11) is 0. The number of hydrogen-bond acceptors (Lipinski definition) is 4. The van der Waals surface area contributed by atoms with Crippen LogP contribution in [0.4, 0.5) is 5.95 Å². The van der Waals surface area contributed by atoms with Crippen LogP contribution in [-0.4, -0.2) is 35.0 Å². The zero-order chi connectivity index (χ0) is 17.5. The fourth-order valence-corrected chi connectivity index (χ4v) is 3.85. The van der Waals surface area contributed by atoms with Crippen molar-refractivity contribution >= 4 is 11.9 Å². The van der Waals surface area contributed by atoms with Gasteiger partial charge in [-0.3, -0.25) is 4.79 Å². The second kappa shape index (κ2) is 8.97. The van der Waals surface area contributed by atoms with Crippen molar-refractivity contribution in [2.24, 2.45) is 0 Å². The Labute approximate surface area is 150 Å². The number of carbonyl (C=O) groups is 1. The Bertz CT molecular complexity index is 596. The number of amides is 1. The Morgan fingerprint density at radius 1 is 1.24 bits per heavy atom. The molecule has 0 spiro atoms. The molecule has 0 radical (unpaired) electrons. The fourth-order valence-electron chi connectivity index (χ4n) is 3.85. The van der Waals surface area contributed by atoms with Crippen LogP contribution in [0.25, 0.3) is 0 Å². The number of allylic oxidation sites excluding steroid dienone is 1. The predicted octanol–water partition coefficient (Wildman–Crippen LogP) is 3.87. The Balaban J connectivity index is 1.52. The van der Waals surface area contributed by atoms with E-state index in [4.69, 9.17) is 0 Å². The van der Waals surface area contributed by atoms with Gasteiger partial charge in [0.1, 0.15) is 0 Å². The first-order valence-electron chi connectivity index (χ1n) is 9.82. The van der Waals surface area contributed by atoms with Crippen LogP contribution in [0.5, 0.6) is 0 Å². The lowest BCUT2D eigenvalue weighted by molar-refractivity contribution is 0.0953. The van der Waals surface area contributed by atoms with Crippen LogP contribution in [0, 0.1) is 0 Å². The number of nitrogens with one attached hydrogen (secondary N) is 1. The highest BCUT2D eigenvalue weighted by atomic mass is 16.1. The molecule has 1 amide bonds. The van der Waals surface area contributed by atoms with Gasteiger partial charge >= 0.3 is 0 Å². The molecule has 0 bridgehead atoms. The fraction of sp³-hybridized carbons (Fsp3) is 0.650. The average Bonchev–Trinajstić information content (AvgIpc) is 2.69. The quantitative estimate of drug-likeness (QED) is 0.798. The molecular weight excluding hydrogens is 312 g/mol. The maximum atomic E-state index is 12.3. The zero-order valence-corrected chi connectivity index (χ0v) is 15.3. The highest BCUT2D eigenvalue weighted by Gasteiger charge is 2.23. The minimum atomic E-state index is -0.0753. The standard InChI is InChI=1S/C20H30N4O/c1-2-18-10-6-7-13-24(18)20-22-14-17(15-23-20)19(25)21-12-11-16-8-4-3-5-9-16/h8,14-15,18H,2-7,9-13H2,1H3,(H,21,25). The molecule has 1 aromatic heterocycles. The van der Waals surface area contributed by atoms with E-state index in [1.54, 1.807) is 12.4 Å². The lowest BCUT2D eigenvalue weighted by atomic mass is 9.97. The van der Waals surface area contributed by atoms with Crippen LogP contribution >= 0.6 is 0 Å². The molecule has 0 aromatic carbocycles. The van der Waals surface area contributed by atoms with E-state index < -0.39 is 0 Å². The average molecular weight is 342 g/mol. The Kier molecular flexibility index (Phi) is 6.42. The zero-order valence-electron chi connectivity index (χ0n) is 15.3. The molecular formula is C20H30N4O. The normalized spacial score (nSPS) is 20.9. The van der Waals surface area contributed by atoms with Crippen LogP contribution in [0.1, 0.15) is 75.1 Å². The van der Waals surface area contributed by atoms with Crippen molar-refractivity contribution in [3.63, 3.8) is 0 Å². The second-order valence-corrected chi connectivity index (χ2v) is 7.14. The van der Waals surface area contributed by atoms with Crippen LogP contribution in [0.2, 0.25) is 0 Å². The lowest BCUT2D eigenvalue weighted by Crippen LogP contribution is -2.40. The van der Waals surface area contributed by atoms with E-state index in [-0.39, 0.29) is 5.91 Å². The summed E-state index contributed by atoms with van der Waals surface area (Å²) in [5.74, 6) is 0.684. The lowest BCUT2D eigenvalue weighted by Gasteiger charge is -2.35. The molecule has 1 N–H and O–H groups in total. The Hall–Kier alpha value is -1.91. The molecule has 136 valence electrons. The molecule has 1 aliphatic carbocycles. The molecule has 5 nitrogen and oxygen atoms in total. The van der Waals surface area contributed by atoms with Gasteiger partial charge in [-0.1, -0.05) is 18.6 Å². The summed E-state index contributed by atoms with van der Waals surface area (Å²) in [5, 5.41) is 2.99. The van der Waals surface area contributed by atoms with Crippen molar-refractivity contribution in [1.82, 2.24) is 15.3 Å². The molecule has 1 aliphatic heterocycles. The summed E-state index contributed by atoms with van der Waals surface area (Å²) in [6.07, 6.45) is 16.4. The van der Waals surface area contributed by atoms with Gasteiger partial charge in [-0.25, -0.2) is 9.97 Å². The van der Waals surface area contributed by atoms with E-state index >= 15 is 0 Å². The SMILES string of the molecule is CCC1CCCCN1c1ncc(C(=O)NCCC2=CCCCC2)cn1. The first-order chi connectivity index (χ1) is 12.3. The maximum absolute atomic E-state index is 12.3. The highest BCUT2D eigenvalue weighted by Crippen LogP contribution is 2.23. The highest BCUT2D eigenvalue weighted by molar-refractivity contribution is 5.93. The van der Waals surface area contributed by atoms with Crippen LogP contribution in [0.15, 0.2) is 24.0 Å². The number of carbonyl (C=O) groups excluding carboxylic acids is 1. The smallest absolute Gasteiger partial charge is 0.254 e. The number of rotatable bonds is 6. The van der Waals surface area contributed by atoms with E-state index in [1.807, 2.05) is 0 Å². The molecule has 1 unspecified atom stereocenters. The molecule has 2 aliphatic rings. The molecule has 1 aromatic rings. The topological polar surface area (TPSA) is 58.1 Å². The third-order valence-electron chi connectivity index (χ3n) is 5.37. The summed E-state index contributed by atoms with van der Waals surface area (Å²) < 4.78 is 0. The van der Waals surface area contributed by atoms with E-state index in [2.05, 4.69) is 33.2 Å². The number of aromatic nitrogens is 2. The van der Waals surface area contributed by atoms with Gasteiger partial charge in [0, 0.05) is 31.5 Å². The summed E-state index contributed by atoms with van der Waals surface area (Å²) >= 11 is 0. The van der Waals surface area contributed by atoms with Crippen molar-refractivity contribution in [1.29, 1.82) is 0 Å². The third kappa shape index (κ3) is 4.80. The minimum Gasteiger partial charge on any atom is -0.352 e. The second-order valence-electron chi connectivity index (χ2n) is 7.14. The van der Waals surface area contributed by atoms with Gasteiger partial charge in [0.05, 0.1) is 5.56 Å². The van der Waals surface area contributed by atoms with E-state index in [1.165, 1.54) is 50.5 Å². The van der Waals surface area contributed by atoms with E-state index in [0.717, 1.165) is 25.3 Å². The van der Waals surface area contributed by atoms with Gasteiger partial charge in [-0.05, 0) is 57.8 Å². The molecule has 25 heavy (non-hydrogen) atoms. The van der Waals surface area contributed by atoms with Crippen molar-refractivity contribution < 1.29 is 4.79 Å². The van der Waals surface area contributed by atoms with Crippen LogP contribution < -0.4 is 10.2 Å². The predicted molar refractivity (Wildman–Crippen MR) is 101 cm³/mol. The number of hydrogen-bond donors (Lipinski definition) is 1. The molecule has 1 atom stereocenters. The third-order valence-corrected chi connectivity index (χ3v) is 5.37. The first-order valence-corrected chi connectivity index (χ1v) is 9.82. The van der Waals surface area contributed by atoms with Crippen molar-refractivity contribution in [3.8, 4) is 0 Å². The van der Waals surface area contributed by atoms with Gasteiger partial charge in [-0.2, -0.15) is 0 Å². The van der Waals surface area contributed by atoms with Gasteiger partial charge in [0.25, 0.3) is 5.91 Å². The molecule has 5 heteroatoms. The van der Waals surface area contributed by atoms with Crippen LogP contribution in [0.3, 0.4) is 0 Å². The summed E-state index contributed by atoms with van der Waals surface area (Å²) in [5.41, 5.74) is 2.03. The first kappa shape index (κ1) is 17.9. The van der Waals surface area contributed by atoms with Crippen molar-refractivity contribution in [2.75, 3.05) is 18.0 Å². The van der Waals surface area contributed by atoms with Gasteiger partial charge in [-0.15, -0.1) is 0 Å². The number of anilines is 1. The number of piperidine rings is 1. The maximum Gasteiger partial charge on any atom is 0.254 e. The largest absolute Gasteiger partial charge is 0.352 e. The summed E-state index contributed by atoms with van der Waals surface area (Å²) in [4.78, 5) is 23.5. The minimum absolute atomic E-state index is 0.0753. The monoisotopic (exact) mass is 342 g/mol. The molecule has 2 heterocycles. The van der Waals surface area contributed by atoms with Gasteiger partial charge in [0.15, 0.2) is 0 Å². The van der Waals surface area contributed by atoms with Gasteiger partial charge in [0.2, 0.25) is 5.95 Å². The molecule has 1 saturated heterocycles. The molecule has 1 fully saturated rings. The molecule has 3 rings (SSSR count). The van der Waals surface area contributed by atoms with Gasteiger partial charge < -0.3 is 10.2 Å². The van der Waals surface area contributed by atoms with E-state index in [9.17, 15) is 4.79 Å².